The fraction of sp³-hybridized carbons (Fsp3) is 0.250. The lowest BCUT2D eigenvalue weighted by molar-refractivity contribution is -0.141. The lowest BCUT2D eigenvalue weighted by Crippen LogP contribution is -2.25. The second kappa shape index (κ2) is 4.89. The van der Waals surface area contributed by atoms with Gasteiger partial charge in [-0.15, -0.1) is 0 Å². The summed E-state index contributed by atoms with van der Waals surface area (Å²) in [6.45, 7) is 1.53. The molecule has 0 saturated carbocycles. The molecule has 0 aliphatic heterocycles. The Labute approximate surface area is 127 Å². The van der Waals surface area contributed by atoms with Crippen molar-refractivity contribution < 1.29 is 31.1 Å². The lowest BCUT2D eigenvalue weighted by Gasteiger charge is -2.09. The van der Waals surface area contributed by atoms with E-state index in [1.165, 1.54) is 13.0 Å². The molecule has 1 aromatic carbocycles. The second-order valence-electron chi connectivity index (χ2n) is 4.35. The fourth-order valence-electron chi connectivity index (χ4n) is 1.91. The van der Waals surface area contributed by atoms with Crippen LogP contribution < -0.4 is 0 Å². The Morgan fingerprint density at radius 3 is 2.19 bits per heavy atom. The highest BCUT2D eigenvalue weighted by molar-refractivity contribution is 14.1. The van der Waals surface area contributed by atoms with E-state index in [-0.39, 0.29) is 10.9 Å². The van der Waals surface area contributed by atoms with E-state index in [2.05, 4.69) is 0 Å². The molecule has 0 radical (unpaired) electrons. The van der Waals surface area contributed by atoms with Crippen LogP contribution in [0.5, 0.6) is 0 Å². The van der Waals surface area contributed by atoms with Gasteiger partial charge in [-0.05, 0) is 47.2 Å². The molecule has 2 aromatic rings. The third-order valence-electron chi connectivity index (χ3n) is 2.85. The summed E-state index contributed by atoms with van der Waals surface area (Å²) >= 11 is 1.84. The number of ketones is 1. The molecule has 9 heteroatoms. The minimum atomic E-state index is -5.38. The number of aromatic amines is 1. The van der Waals surface area contributed by atoms with Gasteiger partial charge in [0, 0.05) is 14.5 Å². The van der Waals surface area contributed by atoms with Gasteiger partial charge in [0.05, 0.1) is 5.56 Å². The van der Waals surface area contributed by atoms with Gasteiger partial charge >= 0.3 is 12.4 Å². The monoisotopic (exact) mass is 421 g/mol. The molecular weight excluding hydrogens is 415 g/mol. The van der Waals surface area contributed by atoms with Crippen LogP contribution in [-0.2, 0) is 6.18 Å². The highest BCUT2D eigenvalue weighted by Gasteiger charge is 2.47. The molecule has 0 aliphatic carbocycles. The van der Waals surface area contributed by atoms with Gasteiger partial charge in [-0.25, -0.2) is 0 Å². The second-order valence-corrected chi connectivity index (χ2v) is 5.51. The number of aromatic nitrogens is 1. The Morgan fingerprint density at radius 1 is 1.14 bits per heavy atom. The van der Waals surface area contributed by atoms with Crippen molar-refractivity contribution >= 4 is 39.3 Å². The normalized spacial score (nSPS) is 13.0. The van der Waals surface area contributed by atoms with E-state index in [9.17, 15) is 31.1 Å². The topological polar surface area (TPSA) is 32.9 Å². The summed E-state index contributed by atoms with van der Waals surface area (Å²) in [5.74, 6) is -2.51. The molecule has 0 saturated heterocycles. The van der Waals surface area contributed by atoms with Gasteiger partial charge in [-0.1, -0.05) is 0 Å². The summed E-state index contributed by atoms with van der Waals surface area (Å²) in [6.07, 6.45) is -10.5. The molecule has 2 rings (SSSR count). The number of aryl methyl sites for hydroxylation is 1. The number of nitrogens with one attached hydrogen (secondary N) is 1. The number of hydrogen-bond acceptors (Lipinski definition) is 1. The molecular formula is C12H6F6INO. The number of carbonyl (C=O) groups excluding carboxylic acids is 1. The number of halogens is 7. The molecule has 1 heterocycles. The highest BCUT2D eigenvalue weighted by Crippen LogP contribution is 2.39. The fourth-order valence-corrected chi connectivity index (χ4v) is 2.38. The van der Waals surface area contributed by atoms with Crippen LogP contribution in [0.25, 0.3) is 10.9 Å². The number of benzene rings is 1. The maximum atomic E-state index is 12.9. The van der Waals surface area contributed by atoms with Crippen LogP contribution in [0.4, 0.5) is 26.3 Å². The number of alkyl halides is 6. The minimum absolute atomic E-state index is 0.162. The third-order valence-corrected chi connectivity index (χ3v) is 4.01. The summed E-state index contributed by atoms with van der Waals surface area (Å²) in [5.41, 5.74) is -2.75. The molecule has 0 amide bonds. The molecule has 0 aliphatic rings. The van der Waals surface area contributed by atoms with Crippen molar-refractivity contribution in [1.82, 2.24) is 4.98 Å². The smallest absolute Gasteiger partial charge is 0.350 e. The first-order valence-corrected chi connectivity index (χ1v) is 6.51. The molecule has 0 spiro atoms. The Hall–Kier alpha value is -1.26. The molecule has 1 N–H and O–H groups in total. The third kappa shape index (κ3) is 2.87. The van der Waals surface area contributed by atoms with Gasteiger partial charge in [-0.3, -0.25) is 4.79 Å². The first-order valence-electron chi connectivity index (χ1n) is 5.43. The van der Waals surface area contributed by atoms with Gasteiger partial charge in [0.1, 0.15) is 5.69 Å². The van der Waals surface area contributed by atoms with Gasteiger partial charge in [-0.2, -0.15) is 26.3 Å². The first-order chi connectivity index (χ1) is 9.43. The number of hydrogen-bond donors (Lipinski definition) is 1. The number of carbonyl (C=O) groups is 1. The van der Waals surface area contributed by atoms with Gasteiger partial charge < -0.3 is 4.98 Å². The Morgan fingerprint density at radius 2 is 1.71 bits per heavy atom. The lowest BCUT2D eigenvalue weighted by atomic mass is 10.0. The number of Topliss-reactive ketones (excluding diaryl/α,β-unsaturated/α-hetero) is 1. The van der Waals surface area contributed by atoms with Gasteiger partial charge in [0.2, 0.25) is 0 Å². The predicted octanol–water partition coefficient (Wildman–Crippen LogP) is 4.84. The van der Waals surface area contributed by atoms with E-state index < -0.39 is 29.4 Å². The molecule has 2 nitrogen and oxygen atoms in total. The molecule has 0 bridgehead atoms. The highest BCUT2D eigenvalue weighted by atomic mass is 127. The van der Waals surface area contributed by atoms with Crippen LogP contribution in [0.1, 0.15) is 21.6 Å². The van der Waals surface area contributed by atoms with Crippen molar-refractivity contribution in [2.75, 3.05) is 0 Å². The number of H-pyrrole nitrogens is 1. The summed E-state index contributed by atoms with van der Waals surface area (Å²) in [6, 6.07) is 2.41. The van der Waals surface area contributed by atoms with E-state index in [0.29, 0.717) is 9.13 Å². The molecule has 1 aromatic heterocycles. The summed E-state index contributed by atoms with van der Waals surface area (Å²) in [4.78, 5) is 13.2. The van der Waals surface area contributed by atoms with Crippen LogP contribution in [0.15, 0.2) is 12.1 Å². The van der Waals surface area contributed by atoms with E-state index in [1.54, 1.807) is 0 Å². The minimum Gasteiger partial charge on any atom is -0.350 e. The number of fused-ring (bicyclic) bond motifs is 1. The molecule has 0 fully saturated rings. The van der Waals surface area contributed by atoms with Crippen molar-refractivity contribution in [3.05, 3.63) is 32.5 Å². The zero-order valence-electron chi connectivity index (χ0n) is 10.2. The van der Waals surface area contributed by atoms with Crippen molar-refractivity contribution in [1.29, 1.82) is 0 Å². The summed E-state index contributed by atoms with van der Waals surface area (Å²) in [5, 5.41) is -0.387. The quantitative estimate of drug-likeness (QED) is 0.399. The van der Waals surface area contributed by atoms with E-state index in [4.69, 9.17) is 0 Å². The maximum absolute atomic E-state index is 12.9. The van der Waals surface area contributed by atoms with Gasteiger partial charge in [0.15, 0.2) is 0 Å². The number of rotatable bonds is 1. The zero-order valence-corrected chi connectivity index (χ0v) is 12.4. The van der Waals surface area contributed by atoms with Crippen molar-refractivity contribution in [2.45, 2.75) is 19.3 Å². The Kier molecular flexibility index (Phi) is 3.75. The molecule has 21 heavy (non-hydrogen) atoms. The Balaban J connectivity index is 2.87. The van der Waals surface area contributed by atoms with Crippen molar-refractivity contribution in [3.63, 3.8) is 0 Å². The van der Waals surface area contributed by atoms with E-state index in [1.807, 2.05) is 27.6 Å². The van der Waals surface area contributed by atoms with E-state index >= 15 is 0 Å². The molecule has 0 unspecified atom stereocenters. The largest absolute Gasteiger partial charge is 0.454 e. The Bertz CT molecular complexity index is 728. The van der Waals surface area contributed by atoms with Crippen LogP contribution >= 0.6 is 22.6 Å². The van der Waals surface area contributed by atoms with Crippen LogP contribution in [-0.4, -0.2) is 16.9 Å². The zero-order chi connectivity index (χ0) is 16.2. The van der Waals surface area contributed by atoms with Gasteiger partial charge in [0.25, 0.3) is 5.78 Å². The summed E-state index contributed by atoms with van der Waals surface area (Å²) < 4.78 is 76.9. The molecule has 0 atom stereocenters. The standard InChI is InChI=1S/C12H6F6INO/c1-4-2-5-7(3-6(4)19)20-9(11(13,14)15)8(5)10(21)12(16,17)18/h2-3,20H,1H3. The first kappa shape index (κ1) is 16.1. The van der Waals surface area contributed by atoms with Crippen molar-refractivity contribution in [3.8, 4) is 0 Å². The van der Waals surface area contributed by atoms with E-state index in [0.717, 1.165) is 6.07 Å². The average molecular weight is 421 g/mol. The van der Waals surface area contributed by atoms with Crippen molar-refractivity contribution in [2.24, 2.45) is 0 Å². The molecule has 114 valence electrons. The van der Waals surface area contributed by atoms with Crippen LogP contribution in [0, 0.1) is 10.5 Å². The average Bonchev–Trinajstić information content (AvgIpc) is 2.65. The maximum Gasteiger partial charge on any atom is 0.454 e. The summed E-state index contributed by atoms with van der Waals surface area (Å²) in [7, 11) is 0. The van der Waals surface area contributed by atoms with Crippen LogP contribution in [0.3, 0.4) is 0 Å². The van der Waals surface area contributed by atoms with Crippen LogP contribution in [0.2, 0.25) is 0 Å². The SMILES string of the molecule is Cc1cc2c(C(=O)C(F)(F)F)c(C(F)(F)F)[nH]c2cc1I. The predicted molar refractivity (Wildman–Crippen MR) is 71.1 cm³/mol.